The van der Waals surface area contributed by atoms with Gasteiger partial charge in [-0.15, -0.1) is 11.3 Å². The summed E-state index contributed by atoms with van der Waals surface area (Å²) in [4.78, 5) is 12.7. The molecule has 0 spiro atoms. The van der Waals surface area contributed by atoms with Gasteiger partial charge in [0.1, 0.15) is 10.7 Å². The molecule has 0 aliphatic heterocycles. The highest BCUT2D eigenvalue weighted by Gasteiger charge is 2.19. The van der Waals surface area contributed by atoms with Crippen LogP contribution in [0, 0.1) is 0 Å². The Bertz CT molecular complexity index is 800. The molecule has 0 bridgehead atoms. The summed E-state index contributed by atoms with van der Waals surface area (Å²) >= 11 is 1.68. The Labute approximate surface area is 146 Å². The molecule has 0 aromatic carbocycles. The van der Waals surface area contributed by atoms with Crippen LogP contribution in [0.5, 0.6) is 0 Å². The second-order valence-corrected chi connectivity index (χ2v) is 7.56. The fourth-order valence-electron chi connectivity index (χ4n) is 3.66. The van der Waals surface area contributed by atoms with Gasteiger partial charge in [0.15, 0.2) is 0 Å². The molecule has 5 heteroatoms. The second-order valence-electron chi connectivity index (χ2n) is 6.67. The SMILES string of the molecule is CCCc1cc2c(NC3CCCCC3)c(-c3nccs3)cnc2[nH]1. The number of nitrogens with zero attached hydrogens (tertiary/aromatic N) is 2. The van der Waals surface area contributed by atoms with Crippen LogP contribution in [0.25, 0.3) is 21.6 Å². The molecule has 0 amide bonds. The fraction of sp³-hybridized carbons (Fsp3) is 0.474. The average molecular weight is 340 g/mol. The van der Waals surface area contributed by atoms with Gasteiger partial charge < -0.3 is 10.3 Å². The first kappa shape index (κ1) is 15.6. The van der Waals surface area contributed by atoms with Gasteiger partial charge in [-0.25, -0.2) is 9.97 Å². The van der Waals surface area contributed by atoms with Crippen molar-refractivity contribution in [2.45, 2.75) is 57.9 Å². The zero-order chi connectivity index (χ0) is 16.4. The number of H-pyrrole nitrogens is 1. The number of aryl methyl sites for hydroxylation is 1. The summed E-state index contributed by atoms with van der Waals surface area (Å²) in [5.74, 6) is 0. The third-order valence-corrected chi connectivity index (χ3v) is 5.66. The molecule has 0 atom stereocenters. The Morgan fingerprint density at radius 1 is 1.25 bits per heavy atom. The normalized spacial score (nSPS) is 15.9. The Morgan fingerprint density at radius 3 is 2.88 bits per heavy atom. The van der Waals surface area contributed by atoms with Crippen molar-refractivity contribution in [2.24, 2.45) is 0 Å². The van der Waals surface area contributed by atoms with Crippen molar-refractivity contribution in [1.82, 2.24) is 15.0 Å². The maximum Gasteiger partial charge on any atom is 0.139 e. The second kappa shape index (κ2) is 6.93. The minimum absolute atomic E-state index is 0.563. The van der Waals surface area contributed by atoms with Gasteiger partial charge in [0, 0.05) is 34.9 Å². The minimum Gasteiger partial charge on any atom is -0.381 e. The number of hydrogen-bond donors (Lipinski definition) is 2. The van der Waals surface area contributed by atoms with Crippen molar-refractivity contribution in [3.8, 4) is 10.6 Å². The number of fused-ring (bicyclic) bond motifs is 1. The van der Waals surface area contributed by atoms with E-state index in [4.69, 9.17) is 0 Å². The first-order valence-corrected chi connectivity index (χ1v) is 9.90. The molecule has 0 saturated heterocycles. The molecule has 0 unspecified atom stereocenters. The predicted molar refractivity (Wildman–Crippen MR) is 102 cm³/mol. The molecule has 4 nitrogen and oxygen atoms in total. The fourth-order valence-corrected chi connectivity index (χ4v) is 4.31. The molecular formula is C19H24N4S. The summed E-state index contributed by atoms with van der Waals surface area (Å²) in [6.07, 6.45) is 12.6. The van der Waals surface area contributed by atoms with E-state index in [9.17, 15) is 0 Å². The summed E-state index contributed by atoms with van der Waals surface area (Å²) in [5.41, 5.74) is 4.59. The highest BCUT2D eigenvalue weighted by molar-refractivity contribution is 7.13. The highest BCUT2D eigenvalue weighted by Crippen LogP contribution is 2.36. The summed E-state index contributed by atoms with van der Waals surface area (Å²) in [5, 5.41) is 8.12. The van der Waals surface area contributed by atoms with Crippen molar-refractivity contribution in [1.29, 1.82) is 0 Å². The summed E-state index contributed by atoms with van der Waals surface area (Å²) in [6, 6.07) is 2.83. The molecule has 3 aromatic heterocycles. The van der Waals surface area contributed by atoms with E-state index in [0.717, 1.165) is 29.1 Å². The van der Waals surface area contributed by atoms with Crippen LogP contribution in [0.3, 0.4) is 0 Å². The third kappa shape index (κ3) is 3.05. The summed E-state index contributed by atoms with van der Waals surface area (Å²) < 4.78 is 0. The van der Waals surface area contributed by atoms with Gasteiger partial charge in [0.2, 0.25) is 0 Å². The van der Waals surface area contributed by atoms with E-state index < -0.39 is 0 Å². The number of anilines is 1. The van der Waals surface area contributed by atoms with Crippen LogP contribution in [0.15, 0.2) is 23.8 Å². The van der Waals surface area contributed by atoms with Crippen LogP contribution in [-0.2, 0) is 6.42 Å². The van der Waals surface area contributed by atoms with Crippen LogP contribution < -0.4 is 5.32 Å². The Hall–Kier alpha value is -1.88. The molecule has 24 heavy (non-hydrogen) atoms. The molecule has 1 fully saturated rings. The van der Waals surface area contributed by atoms with Gasteiger partial charge >= 0.3 is 0 Å². The quantitative estimate of drug-likeness (QED) is 0.655. The molecule has 3 aromatic rings. The lowest BCUT2D eigenvalue weighted by atomic mass is 9.95. The van der Waals surface area contributed by atoms with Gasteiger partial charge in [0.05, 0.1) is 11.3 Å². The lowest BCUT2D eigenvalue weighted by molar-refractivity contribution is 0.463. The van der Waals surface area contributed by atoms with Crippen LogP contribution in [0.4, 0.5) is 5.69 Å². The van der Waals surface area contributed by atoms with Crippen molar-refractivity contribution in [3.63, 3.8) is 0 Å². The van der Waals surface area contributed by atoms with Crippen molar-refractivity contribution in [3.05, 3.63) is 29.5 Å². The van der Waals surface area contributed by atoms with Gasteiger partial charge in [-0.05, 0) is 25.3 Å². The van der Waals surface area contributed by atoms with Crippen LogP contribution in [-0.4, -0.2) is 21.0 Å². The number of aromatic amines is 1. The molecule has 1 aliphatic rings. The Morgan fingerprint density at radius 2 is 2.12 bits per heavy atom. The van der Waals surface area contributed by atoms with E-state index in [1.54, 1.807) is 11.3 Å². The van der Waals surface area contributed by atoms with E-state index >= 15 is 0 Å². The number of pyridine rings is 1. The average Bonchev–Trinajstić information content (AvgIpc) is 3.26. The van der Waals surface area contributed by atoms with Crippen molar-refractivity contribution in [2.75, 3.05) is 5.32 Å². The van der Waals surface area contributed by atoms with E-state index in [1.165, 1.54) is 48.9 Å². The number of rotatable bonds is 5. The molecule has 4 rings (SSSR count). The van der Waals surface area contributed by atoms with E-state index in [0.29, 0.717) is 6.04 Å². The van der Waals surface area contributed by atoms with Crippen molar-refractivity contribution >= 4 is 28.1 Å². The van der Waals surface area contributed by atoms with Crippen LogP contribution in [0.2, 0.25) is 0 Å². The zero-order valence-corrected chi connectivity index (χ0v) is 15.0. The molecule has 0 radical (unpaired) electrons. The Kier molecular flexibility index (Phi) is 4.52. The van der Waals surface area contributed by atoms with Crippen molar-refractivity contribution < 1.29 is 0 Å². The first-order valence-electron chi connectivity index (χ1n) is 9.02. The van der Waals surface area contributed by atoms with Gasteiger partial charge in [-0.1, -0.05) is 32.6 Å². The number of thiazole rings is 1. The maximum absolute atomic E-state index is 4.66. The first-order chi connectivity index (χ1) is 11.8. The molecular weight excluding hydrogens is 316 g/mol. The largest absolute Gasteiger partial charge is 0.381 e. The zero-order valence-electron chi connectivity index (χ0n) is 14.1. The molecule has 3 heterocycles. The van der Waals surface area contributed by atoms with E-state index in [2.05, 4.69) is 33.3 Å². The number of hydrogen-bond acceptors (Lipinski definition) is 4. The van der Waals surface area contributed by atoms with Gasteiger partial charge in [-0.2, -0.15) is 0 Å². The standard InChI is InChI=1S/C19H24N4S/c1-2-6-14-11-15-17(22-13-7-4-3-5-8-13)16(12-21-18(15)23-14)19-20-9-10-24-19/h9-13H,2-8H2,1H3,(H2,21,22,23). The topological polar surface area (TPSA) is 53.6 Å². The lowest BCUT2D eigenvalue weighted by Crippen LogP contribution is -2.22. The molecule has 126 valence electrons. The van der Waals surface area contributed by atoms with E-state index in [1.807, 2.05) is 17.8 Å². The predicted octanol–water partition coefficient (Wildman–Crippen LogP) is 5.38. The Balaban J connectivity index is 1.79. The monoisotopic (exact) mass is 340 g/mol. The van der Waals surface area contributed by atoms with Crippen LogP contribution in [0.1, 0.15) is 51.1 Å². The molecule has 1 saturated carbocycles. The minimum atomic E-state index is 0.563. The number of aromatic nitrogens is 3. The molecule has 2 N–H and O–H groups in total. The third-order valence-electron chi connectivity index (χ3n) is 4.85. The van der Waals surface area contributed by atoms with Gasteiger partial charge in [-0.3, -0.25) is 0 Å². The number of nitrogens with one attached hydrogen (secondary N) is 2. The maximum atomic E-state index is 4.66. The molecule has 1 aliphatic carbocycles. The lowest BCUT2D eigenvalue weighted by Gasteiger charge is -2.25. The van der Waals surface area contributed by atoms with E-state index in [-0.39, 0.29) is 0 Å². The van der Waals surface area contributed by atoms with Gasteiger partial charge in [0.25, 0.3) is 0 Å². The summed E-state index contributed by atoms with van der Waals surface area (Å²) in [6.45, 7) is 2.21. The highest BCUT2D eigenvalue weighted by atomic mass is 32.1. The smallest absolute Gasteiger partial charge is 0.139 e. The van der Waals surface area contributed by atoms with Crippen LogP contribution >= 0.6 is 11.3 Å². The summed E-state index contributed by atoms with van der Waals surface area (Å²) in [7, 11) is 0.